The van der Waals surface area contributed by atoms with Gasteiger partial charge in [0.2, 0.25) is 0 Å². The number of thiophene rings is 1. The number of hydrogen-bond donors (Lipinski definition) is 1. The quantitative estimate of drug-likeness (QED) is 0.943. The first kappa shape index (κ1) is 14.4. The summed E-state index contributed by atoms with van der Waals surface area (Å²) in [6.45, 7) is 1.32. The van der Waals surface area contributed by atoms with Crippen molar-refractivity contribution in [1.29, 1.82) is 0 Å². The van der Waals surface area contributed by atoms with E-state index in [1.165, 1.54) is 60.8 Å². The first-order chi connectivity index (χ1) is 10.9. The van der Waals surface area contributed by atoms with Gasteiger partial charge in [0.1, 0.15) is 17.0 Å². The second-order valence-corrected chi connectivity index (χ2v) is 7.53. The van der Waals surface area contributed by atoms with Crippen molar-refractivity contribution in [2.24, 2.45) is 0 Å². The van der Waals surface area contributed by atoms with Gasteiger partial charge < -0.3 is 10.0 Å². The molecule has 1 atom stereocenters. The highest BCUT2D eigenvalue weighted by molar-refractivity contribution is 7.19. The van der Waals surface area contributed by atoms with E-state index in [0.29, 0.717) is 6.04 Å². The van der Waals surface area contributed by atoms with Crippen molar-refractivity contribution < 1.29 is 5.11 Å². The van der Waals surface area contributed by atoms with Crippen LogP contribution in [0.1, 0.15) is 49.0 Å². The van der Waals surface area contributed by atoms with E-state index in [1.54, 1.807) is 6.33 Å². The summed E-state index contributed by atoms with van der Waals surface area (Å²) >= 11 is 1.87. The molecule has 1 unspecified atom stereocenters. The van der Waals surface area contributed by atoms with Gasteiger partial charge in [-0.1, -0.05) is 0 Å². The van der Waals surface area contributed by atoms with Crippen LogP contribution in [0.15, 0.2) is 6.33 Å². The normalized spacial score (nSPS) is 22.0. The van der Waals surface area contributed by atoms with Gasteiger partial charge in [-0.15, -0.1) is 11.3 Å². The molecule has 0 radical (unpaired) electrons. The molecule has 0 amide bonds. The van der Waals surface area contributed by atoms with E-state index < -0.39 is 0 Å². The maximum absolute atomic E-state index is 9.39. The van der Waals surface area contributed by atoms with Gasteiger partial charge in [0.15, 0.2) is 0 Å². The van der Waals surface area contributed by atoms with Gasteiger partial charge in [-0.25, -0.2) is 9.97 Å². The largest absolute Gasteiger partial charge is 0.396 e. The molecule has 1 N–H and O–H groups in total. The van der Waals surface area contributed by atoms with Gasteiger partial charge in [0, 0.05) is 24.1 Å². The van der Waals surface area contributed by atoms with Crippen LogP contribution in [0.5, 0.6) is 0 Å². The van der Waals surface area contributed by atoms with Crippen LogP contribution in [0.3, 0.4) is 0 Å². The fraction of sp³-hybridized carbons (Fsp3) is 0.647. The Morgan fingerprint density at radius 2 is 2.09 bits per heavy atom. The topological polar surface area (TPSA) is 49.2 Å². The van der Waals surface area contributed by atoms with Crippen LogP contribution in [-0.2, 0) is 12.8 Å². The monoisotopic (exact) mass is 317 g/mol. The number of aromatic nitrogens is 2. The summed E-state index contributed by atoms with van der Waals surface area (Å²) in [4.78, 5) is 14.4. The third-order valence-electron chi connectivity index (χ3n) is 5.09. The molecule has 1 aliphatic heterocycles. The van der Waals surface area contributed by atoms with E-state index in [2.05, 4.69) is 14.9 Å². The summed E-state index contributed by atoms with van der Waals surface area (Å²) in [5, 5.41) is 10.7. The van der Waals surface area contributed by atoms with Crippen LogP contribution >= 0.6 is 11.3 Å². The fourth-order valence-corrected chi connectivity index (χ4v) is 5.24. The minimum atomic E-state index is 0.261. The van der Waals surface area contributed by atoms with Gasteiger partial charge in [-0.05, 0) is 56.9 Å². The number of hydrogen-bond acceptors (Lipinski definition) is 5. The summed E-state index contributed by atoms with van der Waals surface area (Å²) in [7, 11) is 0. The Hall–Kier alpha value is -1.20. The molecule has 4 rings (SSSR count). The summed E-state index contributed by atoms with van der Waals surface area (Å²) in [6, 6.07) is 0.427. The molecule has 2 aromatic rings. The predicted octanol–water partition coefficient (Wildman–Crippen LogP) is 3.31. The molecular weight excluding hydrogens is 294 g/mol. The van der Waals surface area contributed by atoms with E-state index in [-0.39, 0.29) is 6.61 Å². The van der Waals surface area contributed by atoms with E-state index in [0.717, 1.165) is 23.6 Å². The number of aryl methyl sites for hydroxylation is 2. The van der Waals surface area contributed by atoms with E-state index >= 15 is 0 Å². The Balaban J connectivity index is 1.81. The Morgan fingerprint density at radius 3 is 3.00 bits per heavy atom. The number of anilines is 1. The Morgan fingerprint density at radius 1 is 1.18 bits per heavy atom. The second-order valence-electron chi connectivity index (χ2n) is 6.44. The molecule has 2 aliphatic rings. The Labute approximate surface area is 135 Å². The number of nitrogens with zero attached hydrogens (tertiary/aromatic N) is 3. The second kappa shape index (κ2) is 6.13. The van der Waals surface area contributed by atoms with Crippen LogP contribution < -0.4 is 4.90 Å². The van der Waals surface area contributed by atoms with Crippen molar-refractivity contribution in [3.8, 4) is 0 Å². The number of rotatable bonds is 3. The molecule has 0 aromatic carbocycles. The lowest BCUT2D eigenvalue weighted by Crippen LogP contribution is -2.40. The zero-order valence-corrected chi connectivity index (χ0v) is 13.7. The number of fused-ring (bicyclic) bond motifs is 3. The third-order valence-corrected chi connectivity index (χ3v) is 6.29. The molecule has 2 aromatic heterocycles. The smallest absolute Gasteiger partial charge is 0.141 e. The van der Waals surface area contributed by atoms with Crippen LogP contribution in [0.2, 0.25) is 0 Å². The number of aliphatic hydroxyl groups excluding tert-OH is 1. The average Bonchev–Trinajstić information content (AvgIpc) is 2.94. The first-order valence-electron chi connectivity index (χ1n) is 8.51. The minimum Gasteiger partial charge on any atom is -0.396 e. The summed E-state index contributed by atoms with van der Waals surface area (Å²) in [5.74, 6) is 1.13. The van der Waals surface area contributed by atoms with E-state index in [1.807, 2.05) is 11.3 Å². The molecule has 1 aliphatic carbocycles. The van der Waals surface area contributed by atoms with Crippen LogP contribution in [0.4, 0.5) is 5.82 Å². The maximum atomic E-state index is 9.39. The van der Waals surface area contributed by atoms with Crippen molar-refractivity contribution >= 4 is 27.4 Å². The van der Waals surface area contributed by atoms with Gasteiger partial charge in [0.25, 0.3) is 0 Å². The molecule has 0 bridgehead atoms. The van der Waals surface area contributed by atoms with Crippen LogP contribution in [0, 0.1) is 0 Å². The van der Waals surface area contributed by atoms with Gasteiger partial charge in [-0.3, -0.25) is 0 Å². The number of aliphatic hydroxyl groups is 1. The van der Waals surface area contributed by atoms with Crippen molar-refractivity contribution in [3.63, 3.8) is 0 Å². The lowest BCUT2D eigenvalue weighted by atomic mass is 9.95. The van der Waals surface area contributed by atoms with E-state index in [4.69, 9.17) is 0 Å². The summed E-state index contributed by atoms with van der Waals surface area (Å²) in [6.07, 6.45) is 11.2. The van der Waals surface area contributed by atoms with Gasteiger partial charge in [0.05, 0.1) is 5.39 Å². The van der Waals surface area contributed by atoms with Crippen LogP contribution in [-0.4, -0.2) is 34.3 Å². The van der Waals surface area contributed by atoms with Crippen molar-refractivity contribution in [2.45, 2.75) is 57.4 Å². The van der Waals surface area contributed by atoms with Gasteiger partial charge in [-0.2, -0.15) is 0 Å². The van der Waals surface area contributed by atoms with Crippen molar-refractivity contribution in [3.05, 3.63) is 16.8 Å². The highest BCUT2D eigenvalue weighted by Crippen LogP contribution is 2.40. The summed E-state index contributed by atoms with van der Waals surface area (Å²) in [5.41, 5.74) is 1.51. The standard InChI is InChI=1S/C17H23N3OS/c21-10-8-12-5-3-4-9-20(12)16-15-13-6-1-2-7-14(13)22-17(15)19-11-18-16/h11-12,21H,1-10H2. The fourth-order valence-electron chi connectivity index (χ4n) is 4.02. The SMILES string of the molecule is OCCC1CCCCN1c1ncnc2sc3c(c12)CCCC3. The Kier molecular flexibility index (Phi) is 4.01. The van der Waals surface area contributed by atoms with Crippen molar-refractivity contribution in [2.75, 3.05) is 18.1 Å². The lowest BCUT2D eigenvalue weighted by Gasteiger charge is -2.37. The third kappa shape index (κ3) is 2.40. The van der Waals surface area contributed by atoms with Gasteiger partial charge >= 0.3 is 0 Å². The predicted molar refractivity (Wildman–Crippen MR) is 90.7 cm³/mol. The molecule has 22 heavy (non-hydrogen) atoms. The zero-order valence-electron chi connectivity index (χ0n) is 12.9. The molecule has 1 saturated heterocycles. The zero-order chi connectivity index (χ0) is 14.9. The average molecular weight is 317 g/mol. The highest BCUT2D eigenvalue weighted by atomic mass is 32.1. The van der Waals surface area contributed by atoms with E-state index in [9.17, 15) is 5.11 Å². The minimum absolute atomic E-state index is 0.261. The molecule has 4 nitrogen and oxygen atoms in total. The lowest BCUT2D eigenvalue weighted by molar-refractivity contribution is 0.262. The molecule has 0 saturated carbocycles. The molecular formula is C17H23N3OS. The number of piperidine rings is 1. The van der Waals surface area contributed by atoms with Crippen molar-refractivity contribution in [1.82, 2.24) is 9.97 Å². The molecule has 1 fully saturated rings. The molecule has 3 heterocycles. The first-order valence-corrected chi connectivity index (χ1v) is 9.33. The maximum Gasteiger partial charge on any atom is 0.141 e. The highest BCUT2D eigenvalue weighted by Gasteiger charge is 2.27. The van der Waals surface area contributed by atoms with Crippen LogP contribution in [0.25, 0.3) is 10.2 Å². The summed E-state index contributed by atoms with van der Waals surface area (Å²) < 4.78 is 0. The molecule has 0 spiro atoms. The molecule has 5 heteroatoms. The molecule has 118 valence electrons. The Bertz CT molecular complexity index is 667.